The van der Waals surface area contributed by atoms with E-state index in [-0.39, 0.29) is 0 Å². The molecule has 4 rings (SSSR count). The van der Waals surface area contributed by atoms with Crippen LogP contribution in [0.4, 0.5) is 0 Å². The molecule has 3 heteroatoms. The highest BCUT2D eigenvalue weighted by Gasteiger charge is 2.39. The van der Waals surface area contributed by atoms with Crippen molar-refractivity contribution in [1.29, 1.82) is 0 Å². The summed E-state index contributed by atoms with van der Waals surface area (Å²) < 4.78 is 16.8. The number of hydrogen-bond acceptors (Lipinski definition) is 3. The molecule has 108 valence electrons. The van der Waals surface area contributed by atoms with Crippen molar-refractivity contribution in [2.45, 2.75) is 12.3 Å². The van der Waals surface area contributed by atoms with Crippen molar-refractivity contribution in [1.82, 2.24) is 0 Å². The van der Waals surface area contributed by atoms with Crippen LogP contribution in [0.1, 0.15) is 22.6 Å². The molecule has 0 saturated carbocycles. The molecule has 2 atom stereocenters. The van der Waals surface area contributed by atoms with Gasteiger partial charge in [0.25, 0.3) is 0 Å². The van der Waals surface area contributed by atoms with E-state index in [2.05, 4.69) is 30.3 Å². The predicted molar refractivity (Wildman–Crippen MR) is 80.5 cm³/mol. The second kappa shape index (κ2) is 4.69. The molecule has 0 radical (unpaired) electrons. The first-order valence-electron chi connectivity index (χ1n) is 7.28. The van der Waals surface area contributed by atoms with Crippen LogP contribution in [-0.4, -0.2) is 20.8 Å². The normalized spacial score (nSPS) is 21.8. The van der Waals surface area contributed by atoms with E-state index in [9.17, 15) is 0 Å². The monoisotopic (exact) mass is 282 g/mol. The molecule has 0 unspecified atom stereocenters. The van der Waals surface area contributed by atoms with E-state index in [0.29, 0.717) is 11.8 Å². The van der Waals surface area contributed by atoms with E-state index in [4.69, 9.17) is 14.2 Å². The van der Waals surface area contributed by atoms with Gasteiger partial charge in [-0.2, -0.15) is 0 Å². The van der Waals surface area contributed by atoms with E-state index >= 15 is 0 Å². The Morgan fingerprint density at radius 2 is 1.76 bits per heavy atom. The van der Waals surface area contributed by atoms with Crippen LogP contribution in [0.3, 0.4) is 0 Å². The maximum atomic E-state index is 5.92. The summed E-state index contributed by atoms with van der Waals surface area (Å²) in [4.78, 5) is 0. The van der Waals surface area contributed by atoms with E-state index in [0.717, 1.165) is 30.3 Å². The molecule has 21 heavy (non-hydrogen) atoms. The van der Waals surface area contributed by atoms with E-state index in [1.54, 1.807) is 14.2 Å². The summed E-state index contributed by atoms with van der Waals surface area (Å²) in [5.41, 5.74) is 4.00. The van der Waals surface area contributed by atoms with Gasteiger partial charge in [0.2, 0.25) is 0 Å². The topological polar surface area (TPSA) is 27.7 Å². The zero-order chi connectivity index (χ0) is 14.4. The van der Waals surface area contributed by atoms with Crippen molar-refractivity contribution in [3.63, 3.8) is 0 Å². The Labute approximate surface area is 124 Å². The van der Waals surface area contributed by atoms with Crippen LogP contribution in [0.25, 0.3) is 0 Å². The lowest BCUT2D eigenvalue weighted by Crippen LogP contribution is -2.23. The van der Waals surface area contributed by atoms with Gasteiger partial charge in [0.05, 0.1) is 20.8 Å². The molecule has 0 spiro atoms. The smallest absolute Gasteiger partial charge is 0.161 e. The fourth-order valence-electron chi connectivity index (χ4n) is 3.70. The molecule has 2 aromatic carbocycles. The minimum atomic E-state index is 0.407. The number of rotatable bonds is 2. The van der Waals surface area contributed by atoms with Gasteiger partial charge in [-0.05, 0) is 35.7 Å². The summed E-state index contributed by atoms with van der Waals surface area (Å²) in [6, 6.07) is 12.6. The van der Waals surface area contributed by atoms with Gasteiger partial charge in [-0.3, -0.25) is 0 Å². The van der Waals surface area contributed by atoms with Crippen LogP contribution in [-0.2, 0) is 6.42 Å². The van der Waals surface area contributed by atoms with E-state index in [1.165, 1.54) is 16.7 Å². The van der Waals surface area contributed by atoms with Gasteiger partial charge in [0.15, 0.2) is 11.5 Å². The first-order chi connectivity index (χ1) is 10.3. The van der Waals surface area contributed by atoms with Crippen LogP contribution < -0.4 is 14.2 Å². The molecular formula is C18H18O3. The minimum Gasteiger partial charge on any atom is -0.493 e. The second-order valence-electron chi connectivity index (χ2n) is 5.70. The van der Waals surface area contributed by atoms with Gasteiger partial charge in [-0.25, -0.2) is 0 Å². The summed E-state index contributed by atoms with van der Waals surface area (Å²) in [5, 5.41) is 0. The molecule has 0 bridgehead atoms. The summed E-state index contributed by atoms with van der Waals surface area (Å²) >= 11 is 0. The zero-order valence-corrected chi connectivity index (χ0v) is 12.3. The molecule has 0 fully saturated rings. The fourth-order valence-corrected chi connectivity index (χ4v) is 3.70. The van der Waals surface area contributed by atoms with Crippen molar-refractivity contribution < 1.29 is 14.2 Å². The van der Waals surface area contributed by atoms with Gasteiger partial charge in [0, 0.05) is 17.4 Å². The van der Waals surface area contributed by atoms with Crippen LogP contribution in [0.2, 0.25) is 0 Å². The Bertz CT molecular complexity index is 693. The third-order valence-electron chi connectivity index (χ3n) is 4.64. The van der Waals surface area contributed by atoms with E-state index in [1.807, 2.05) is 6.07 Å². The highest BCUT2D eigenvalue weighted by molar-refractivity contribution is 5.56. The Morgan fingerprint density at radius 3 is 2.57 bits per heavy atom. The standard InChI is InChI=1S/C18H18O3/c1-19-16-8-11-7-12-10-21-15-6-4-3-5-13(15)18(12)14(11)9-17(16)20-2/h3-6,8-9,12,18H,7,10H2,1-2H3/t12-,18-/m1/s1. The molecule has 0 aromatic heterocycles. The summed E-state index contributed by atoms with van der Waals surface area (Å²) in [6.07, 6.45) is 1.04. The Hall–Kier alpha value is -2.16. The lowest BCUT2D eigenvalue weighted by molar-refractivity contribution is 0.215. The third kappa shape index (κ3) is 1.80. The lowest BCUT2D eigenvalue weighted by atomic mass is 9.84. The average molecular weight is 282 g/mol. The second-order valence-corrected chi connectivity index (χ2v) is 5.70. The highest BCUT2D eigenvalue weighted by Crippen LogP contribution is 2.50. The number of para-hydroxylation sites is 1. The molecule has 1 aliphatic heterocycles. The van der Waals surface area contributed by atoms with Crippen molar-refractivity contribution in [3.05, 3.63) is 53.1 Å². The van der Waals surface area contributed by atoms with Gasteiger partial charge in [-0.15, -0.1) is 0 Å². The summed E-state index contributed by atoms with van der Waals surface area (Å²) in [5.74, 6) is 3.54. The summed E-state index contributed by atoms with van der Waals surface area (Å²) in [6.45, 7) is 0.779. The Balaban J connectivity index is 1.87. The zero-order valence-electron chi connectivity index (χ0n) is 12.3. The van der Waals surface area contributed by atoms with Crippen molar-refractivity contribution >= 4 is 0 Å². The predicted octanol–water partition coefficient (Wildman–Crippen LogP) is 3.40. The van der Waals surface area contributed by atoms with Crippen LogP contribution in [0.5, 0.6) is 17.2 Å². The van der Waals surface area contributed by atoms with Gasteiger partial charge < -0.3 is 14.2 Å². The number of hydrogen-bond donors (Lipinski definition) is 0. The maximum Gasteiger partial charge on any atom is 0.161 e. The molecule has 2 aliphatic rings. The van der Waals surface area contributed by atoms with Crippen molar-refractivity contribution in [3.8, 4) is 17.2 Å². The molecule has 3 nitrogen and oxygen atoms in total. The van der Waals surface area contributed by atoms with E-state index < -0.39 is 0 Å². The number of methoxy groups -OCH3 is 2. The number of ether oxygens (including phenoxy) is 3. The van der Waals surface area contributed by atoms with Gasteiger partial charge in [0.1, 0.15) is 5.75 Å². The average Bonchev–Trinajstić information content (AvgIpc) is 2.91. The molecule has 2 aromatic rings. The lowest BCUT2D eigenvalue weighted by Gasteiger charge is -2.29. The minimum absolute atomic E-state index is 0.407. The molecular weight excluding hydrogens is 264 g/mol. The Kier molecular flexibility index (Phi) is 2.81. The van der Waals surface area contributed by atoms with Crippen LogP contribution in [0.15, 0.2) is 36.4 Å². The van der Waals surface area contributed by atoms with Crippen molar-refractivity contribution in [2.24, 2.45) is 5.92 Å². The Morgan fingerprint density at radius 1 is 1.00 bits per heavy atom. The molecule has 1 aliphatic carbocycles. The molecule has 0 saturated heterocycles. The fraction of sp³-hybridized carbons (Fsp3) is 0.333. The molecule has 0 N–H and O–H groups in total. The molecule has 0 amide bonds. The van der Waals surface area contributed by atoms with Gasteiger partial charge in [-0.1, -0.05) is 18.2 Å². The quantitative estimate of drug-likeness (QED) is 0.845. The first kappa shape index (κ1) is 12.6. The summed E-state index contributed by atoms with van der Waals surface area (Å²) in [7, 11) is 3.37. The largest absolute Gasteiger partial charge is 0.493 e. The SMILES string of the molecule is COc1cc2c(cc1OC)[C@H]1c3ccccc3OC[C@H]1C2. The van der Waals surface area contributed by atoms with Gasteiger partial charge >= 0.3 is 0 Å². The highest BCUT2D eigenvalue weighted by atomic mass is 16.5. The number of fused-ring (bicyclic) bond motifs is 5. The van der Waals surface area contributed by atoms with Crippen LogP contribution >= 0.6 is 0 Å². The first-order valence-corrected chi connectivity index (χ1v) is 7.28. The van der Waals surface area contributed by atoms with Crippen molar-refractivity contribution in [2.75, 3.05) is 20.8 Å². The third-order valence-corrected chi connectivity index (χ3v) is 4.64. The molecule has 1 heterocycles. The maximum absolute atomic E-state index is 5.92. The van der Waals surface area contributed by atoms with Crippen LogP contribution in [0, 0.1) is 5.92 Å². The number of benzene rings is 2.